The fourth-order valence-electron chi connectivity index (χ4n) is 1.33. The fraction of sp³-hybridized carbons (Fsp3) is 0.333. The monoisotopic (exact) mass is 268 g/mol. The van der Waals surface area contributed by atoms with Crippen molar-refractivity contribution in [1.29, 1.82) is 0 Å². The van der Waals surface area contributed by atoms with Gasteiger partial charge in [0.2, 0.25) is 0 Å². The molecular formula is C12H17BrN2. The van der Waals surface area contributed by atoms with Gasteiger partial charge < -0.3 is 11.1 Å². The molecule has 0 aliphatic heterocycles. The van der Waals surface area contributed by atoms with Gasteiger partial charge in [-0.3, -0.25) is 0 Å². The Labute approximate surface area is 99.7 Å². The Morgan fingerprint density at radius 2 is 2.27 bits per heavy atom. The van der Waals surface area contributed by atoms with Crippen LogP contribution in [0.4, 0.5) is 11.4 Å². The second kappa shape index (κ2) is 5.81. The molecule has 15 heavy (non-hydrogen) atoms. The Bertz CT molecular complexity index is 348. The molecular weight excluding hydrogens is 252 g/mol. The minimum Gasteiger partial charge on any atom is -0.397 e. The topological polar surface area (TPSA) is 38.0 Å². The van der Waals surface area contributed by atoms with Crippen molar-refractivity contribution >= 4 is 27.3 Å². The van der Waals surface area contributed by atoms with Gasteiger partial charge in [0.15, 0.2) is 0 Å². The molecule has 0 aliphatic rings. The van der Waals surface area contributed by atoms with E-state index in [0.717, 1.165) is 40.8 Å². The van der Waals surface area contributed by atoms with Crippen LogP contribution >= 0.6 is 15.9 Å². The maximum atomic E-state index is 5.99. The summed E-state index contributed by atoms with van der Waals surface area (Å²) in [5.74, 6) is 0. The molecule has 0 aliphatic carbocycles. The molecule has 3 heteroatoms. The van der Waals surface area contributed by atoms with Gasteiger partial charge in [0.25, 0.3) is 0 Å². The Morgan fingerprint density at radius 1 is 1.53 bits per heavy atom. The number of nitrogen functional groups attached to an aromatic ring is 1. The first-order chi connectivity index (χ1) is 7.16. The predicted octanol–water partition coefficient (Wildman–Crippen LogP) is 3.72. The standard InChI is InChI=1S/C12H17BrN2/c1-3-4-5-8-15-11-7-6-10(13)9(2)12(11)14/h3,6-7,15H,1,4-5,8,14H2,2H3. The maximum absolute atomic E-state index is 5.99. The quantitative estimate of drug-likeness (QED) is 0.485. The number of halogens is 1. The van der Waals surface area contributed by atoms with Crippen LogP contribution in [-0.2, 0) is 0 Å². The van der Waals surface area contributed by atoms with Crippen LogP contribution in [0.1, 0.15) is 18.4 Å². The first-order valence-corrected chi connectivity index (χ1v) is 5.85. The number of rotatable bonds is 5. The third kappa shape index (κ3) is 3.27. The van der Waals surface area contributed by atoms with E-state index < -0.39 is 0 Å². The van der Waals surface area contributed by atoms with E-state index in [0.29, 0.717) is 0 Å². The molecule has 0 heterocycles. The van der Waals surface area contributed by atoms with E-state index in [1.807, 2.05) is 25.1 Å². The zero-order valence-electron chi connectivity index (χ0n) is 9.02. The summed E-state index contributed by atoms with van der Waals surface area (Å²) in [6, 6.07) is 4.02. The van der Waals surface area contributed by atoms with E-state index in [2.05, 4.69) is 27.8 Å². The van der Waals surface area contributed by atoms with Gasteiger partial charge in [-0.25, -0.2) is 0 Å². The van der Waals surface area contributed by atoms with E-state index in [1.165, 1.54) is 0 Å². The first-order valence-electron chi connectivity index (χ1n) is 5.06. The molecule has 0 amide bonds. The number of unbranched alkanes of at least 4 members (excludes halogenated alkanes) is 1. The highest BCUT2D eigenvalue weighted by Crippen LogP contribution is 2.28. The summed E-state index contributed by atoms with van der Waals surface area (Å²) in [5.41, 5.74) is 8.91. The lowest BCUT2D eigenvalue weighted by molar-refractivity contribution is 0.891. The molecule has 3 N–H and O–H groups in total. The van der Waals surface area contributed by atoms with Crippen molar-refractivity contribution < 1.29 is 0 Å². The van der Waals surface area contributed by atoms with Crippen LogP contribution in [0.25, 0.3) is 0 Å². The highest BCUT2D eigenvalue weighted by Gasteiger charge is 2.04. The summed E-state index contributed by atoms with van der Waals surface area (Å²) >= 11 is 3.45. The number of hydrogen-bond acceptors (Lipinski definition) is 2. The molecule has 1 rings (SSSR count). The SMILES string of the molecule is C=CCCCNc1ccc(Br)c(C)c1N. The summed E-state index contributed by atoms with van der Waals surface area (Å²) in [4.78, 5) is 0. The van der Waals surface area contributed by atoms with E-state index in [1.54, 1.807) is 0 Å². The normalized spacial score (nSPS) is 10.0. The molecule has 0 radical (unpaired) electrons. The molecule has 0 aromatic heterocycles. The highest BCUT2D eigenvalue weighted by molar-refractivity contribution is 9.10. The summed E-state index contributed by atoms with van der Waals surface area (Å²) in [7, 11) is 0. The molecule has 0 spiro atoms. The number of benzene rings is 1. The van der Waals surface area contributed by atoms with Crippen molar-refractivity contribution in [3.05, 3.63) is 34.8 Å². The molecule has 0 atom stereocenters. The van der Waals surface area contributed by atoms with Crippen molar-refractivity contribution in [1.82, 2.24) is 0 Å². The van der Waals surface area contributed by atoms with Gasteiger partial charge in [-0.2, -0.15) is 0 Å². The second-order valence-corrected chi connectivity index (χ2v) is 4.35. The smallest absolute Gasteiger partial charge is 0.0590 e. The van der Waals surface area contributed by atoms with Crippen LogP contribution in [0.15, 0.2) is 29.3 Å². The summed E-state index contributed by atoms with van der Waals surface area (Å²) in [6.07, 6.45) is 4.04. The Morgan fingerprint density at radius 3 is 2.93 bits per heavy atom. The minimum atomic E-state index is 0.822. The van der Waals surface area contributed by atoms with Crippen molar-refractivity contribution in [3.63, 3.8) is 0 Å². The molecule has 0 bridgehead atoms. The lowest BCUT2D eigenvalue weighted by Gasteiger charge is -2.11. The van der Waals surface area contributed by atoms with Gasteiger partial charge in [0.1, 0.15) is 0 Å². The number of allylic oxidation sites excluding steroid dienone is 1. The van der Waals surface area contributed by atoms with Gasteiger partial charge in [0, 0.05) is 11.0 Å². The largest absolute Gasteiger partial charge is 0.397 e. The van der Waals surface area contributed by atoms with Crippen LogP contribution in [0.2, 0.25) is 0 Å². The molecule has 2 nitrogen and oxygen atoms in total. The molecule has 0 saturated carbocycles. The summed E-state index contributed by atoms with van der Waals surface area (Å²) in [5, 5.41) is 3.32. The van der Waals surface area contributed by atoms with Crippen LogP contribution in [-0.4, -0.2) is 6.54 Å². The Balaban J connectivity index is 2.62. The van der Waals surface area contributed by atoms with Gasteiger partial charge in [-0.15, -0.1) is 6.58 Å². The Kier molecular flexibility index (Phi) is 4.69. The zero-order chi connectivity index (χ0) is 11.3. The zero-order valence-corrected chi connectivity index (χ0v) is 10.6. The van der Waals surface area contributed by atoms with Crippen LogP contribution < -0.4 is 11.1 Å². The van der Waals surface area contributed by atoms with E-state index in [9.17, 15) is 0 Å². The molecule has 1 aromatic carbocycles. The maximum Gasteiger partial charge on any atom is 0.0590 e. The van der Waals surface area contributed by atoms with E-state index >= 15 is 0 Å². The average molecular weight is 269 g/mol. The van der Waals surface area contributed by atoms with Crippen molar-refractivity contribution in [2.45, 2.75) is 19.8 Å². The second-order valence-electron chi connectivity index (χ2n) is 3.49. The average Bonchev–Trinajstić information content (AvgIpc) is 2.24. The van der Waals surface area contributed by atoms with Gasteiger partial charge >= 0.3 is 0 Å². The Hall–Kier alpha value is -0.960. The number of nitrogens with one attached hydrogen (secondary N) is 1. The van der Waals surface area contributed by atoms with Gasteiger partial charge in [0.05, 0.1) is 11.4 Å². The number of nitrogens with two attached hydrogens (primary N) is 1. The first kappa shape index (κ1) is 12.1. The van der Waals surface area contributed by atoms with Crippen molar-refractivity contribution in [3.8, 4) is 0 Å². The fourth-order valence-corrected chi connectivity index (χ4v) is 1.67. The lowest BCUT2D eigenvalue weighted by atomic mass is 10.1. The van der Waals surface area contributed by atoms with Crippen molar-refractivity contribution in [2.75, 3.05) is 17.6 Å². The lowest BCUT2D eigenvalue weighted by Crippen LogP contribution is -2.05. The minimum absolute atomic E-state index is 0.822. The van der Waals surface area contributed by atoms with E-state index in [4.69, 9.17) is 5.73 Å². The van der Waals surface area contributed by atoms with Gasteiger partial charge in [-0.05, 0) is 37.5 Å². The number of hydrogen-bond donors (Lipinski definition) is 2. The van der Waals surface area contributed by atoms with E-state index in [-0.39, 0.29) is 0 Å². The third-order valence-corrected chi connectivity index (χ3v) is 3.21. The predicted molar refractivity (Wildman–Crippen MR) is 71.2 cm³/mol. The highest BCUT2D eigenvalue weighted by atomic mass is 79.9. The molecule has 0 unspecified atom stereocenters. The molecule has 82 valence electrons. The van der Waals surface area contributed by atoms with Gasteiger partial charge in [-0.1, -0.05) is 22.0 Å². The number of anilines is 2. The van der Waals surface area contributed by atoms with Crippen LogP contribution in [0.3, 0.4) is 0 Å². The molecule has 1 aromatic rings. The summed E-state index contributed by atoms with van der Waals surface area (Å²) < 4.78 is 1.05. The van der Waals surface area contributed by atoms with Crippen LogP contribution in [0.5, 0.6) is 0 Å². The third-order valence-electron chi connectivity index (χ3n) is 2.35. The van der Waals surface area contributed by atoms with Crippen LogP contribution in [0, 0.1) is 6.92 Å². The van der Waals surface area contributed by atoms with Crippen molar-refractivity contribution in [2.24, 2.45) is 0 Å². The molecule has 0 fully saturated rings. The summed E-state index contributed by atoms with van der Waals surface area (Å²) in [6.45, 7) is 6.63. The molecule has 0 saturated heterocycles.